The molecule has 2 aromatic carbocycles. The first-order valence-corrected chi connectivity index (χ1v) is 12.3. The summed E-state index contributed by atoms with van der Waals surface area (Å²) in [6, 6.07) is 14.8. The molecule has 1 aliphatic heterocycles. The van der Waals surface area contributed by atoms with Crippen LogP contribution in [0.5, 0.6) is 0 Å². The van der Waals surface area contributed by atoms with E-state index in [1.807, 2.05) is 12.1 Å². The second kappa shape index (κ2) is 10.0. The van der Waals surface area contributed by atoms with Crippen molar-refractivity contribution in [2.24, 2.45) is 5.14 Å². The van der Waals surface area contributed by atoms with E-state index in [0.29, 0.717) is 36.2 Å². The van der Waals surface area contributed by atoms with Gasteiger partial charge >= 0.3 is 0 Å². The number of primary sulfonamides is 1. The molecule has 0 atom stereocenters. The number of nitrogens with two attached hydrogens (primary N) is 1. The Kier molecular flexibility index (Phi) is 7.11. The number of hydrogen-bond acceptors (Lipinski definition) is 6. The Morgan fingerprint density at radius 1 is 1.09 bits per heavy atom. The monoisotopic (exact) mass is 489 g/mol. The van der Waals surface area contributed by atoms with Crippen molar-refractivity contribution >= 4 is 27.5 Å². The van der Waals surface area contributed by atoms with Gasteiger partial charge in [-0.05, 0) is 42.5 Å². The predicted octanol–water partition coefficient (Wildman–Crippen LogP) is 1.90. The highest BCUT2D eigenvalue weighted by Crippen LogP contribution is 2.26. The number of ether oxygens (including phenoxy) is 1. The summed E-state index contributed by atoms with van der Waals surface area (Å²) in [5.74, 6) is -0.293. The first-order chi connectivity index (χ1) is 15.8. The first-order valence-electron chi connectivity index (χ1n) is 10.4. The van der Waals surface area contributed by atoms with E-state index >= 15 is 0 Å². The first kappa shape index (κ1) is 23.4. The van der Waals surface area contributed by atoms with Crippen LogP contribution >= 0.6 is 11.6 Å². The van der Waals surface area contributed by atoms with Crippen LogP contribution in [0.3, 0.4) is 0 Å². The van der Waals surface area contributed by atoms with Crippen LogP contribution in [0, 0.1) is 0 Å². The van der Waals surface area contributed by atoms with Crippen molar-refractivity contribution in [3.8, 4) is 16.9 Å². The Morgan fingerprint density at radius 3 is 2.39 bits per heavy atom. The summed E-state index contributed by atoms with van der Waals surface area (Å²) in [5, 5.41) is 13.2. The minimum absolute atomic E-state index is 0.00692. The highest BCUT2D eigenvalue weighted by molar-refractivity contribution is 7.89. The summed E-state index contributed by atoms with van der Waals surface area (Å²) in [5.41, 5.74) is 2.29. The Bertz CT molecular complexity index is 1220. The molecule has 0 unspecified atom stereocenters. The smallest absolute Gasteiger partial charge is 0.271 e. The van der Waals surface area contributed by atoms with Gasteiger partial charge in [0.25, 0.3) is 5.91 Å². The fraction of sp³-hybridized carbons (Fsp3) is 0.273. The maximum atomic E-state index is 12.8. The quantitative estimate of drug-likeness (QED) is 0.523. The third-order valence-electron chi connectivity index (χ3n) is 5.31. The Labute approximate surface area is 197 Å². The number of carbonyl (C=O) groups is 1. The number of amides is 1. The molecule has 0 bridgehead atoms. The molecule has 3 N–H and O–H groups in total. The van der Waals surface area contributed by atoms with E-state index in [-0.39, 0.29) is 16.5 Å². The maximum absolute atomic E-state index is 12.8. The molecular weight excluding hydrogens is 466 g/mol. The van der Waals surface area contributed by atoms with Gasteiger partial charge in [-0.3, -0.25) is 9.69 Å². The van der Waals surface area contributed by atoms with Crippen LogP contribution in [-0.2, 0) is 14.8 Å². The highest BCUT2D eigenvalue weighted by Gasteiger charge is 2.18. The van der Waals surface area contributed by atoms with E-state index in [2.05, 4.69) is 15.3 Å². The van der Waals surface area contributed by atoms with Gasteiger partial charge in [-0.15, -0.1) is 0 Å². The molecule has 0 spiro atoms. The molecular formula is C22H24ClN5O4S. The van der Waals surface area contributed by atoms with Crippen molar-refractivity contribution in [2.45, 2.75) is 4.90 Å². The molecule has 0 aliphatic carbocycles. The number of aromatic nitrogens is 2. The van der Waals surface area contributed by atoms with Crippen molar-refractivity contribution in [2.75, 3.05) is 39.4 Å². The van der Waals surface area contributed by atoms with Crippen LogP contribution in [0.2, 0.25) is 5.02 Å². The average Bonchev–Trinajstić information content (AvgIpc) is 3.25. The van der Waals surface area contributed by atoms with Crippen LogP contribution in [0.4, 0.5) is 0 Å². The summed E-state index contributed by atoms with van der Waals surface area (Å²) in [6.45, 7) is 4.32. The number of carbonyl (C=O) groups excluding carboxylic acids is 1. The summed E-state index contributed by atoms with van der Waals surface area (Å²) < 4.78 is 30.1. The molecule has 3 aromatic rings. The van der Waals surface area contributed by atoms with Gasteiger partial charge in [0.05, 0.1) is 29.5 Å². The lowest BCUT2D eigenvalue weighted by Crippen LogP contribution is -2.41. The molecule has 4 rings (SSSR count). The van der Waals surface area contributed by atoms with Gasteiger partial charge in [0.15, 0.2) is 5.69 Å². The predicted molar refractivity (Wildman–Crippen MR) is 125 cm³/mol. The van der Waals surface area contributed by atoms with Crippen molar-refractivity contribution in [3.63, 3.8) is 0 Å². The Hall–Kier alpha value is -2.76. The second-order valence-electron chi connectivity index (χ2n) is 7.58. The molecule has 9 nitrogen and oxygen atoms in total. The number of benzene rings is 2. The lowest BCUT2D eigenvalue weighted by atomic mass is 10.1. The molecule has 1 saturated heterocycles. The lowest BCUT2D eigenvalue weighted by molar-refractivity contribution is 0.0383. The summed E-state index contributed by atoms with van der Waals surface area (Å²) >= 11 is 6.03. The second-order valence-corrected chi connectivity index (χ2v) is 9.58. The number of halogens is 1. The highest BCUT2D eigenvalue weighted by atomic mass is 35.5. The van der Waals surface area contributed by atoms with Gasteiger partial charge in [-0.2, -0.15) is 5.10 Å². The molecule has 33 heavy (non-hydrogen) atoms. The SMILES string of the molecule is NS(=O)(=O)c1ccc(-n2nc(C(=O)NCCN3CCOCC3)cc2-c2ccc(Cl)cc2)cc1. The number of rotatable bonds is 7. The van der Waals surface area contributed by atoms with E-state index in [4.69, 9.17) is 21.5 Å². The number of sulfonamides is 1. The van der Waals surface area contributed by atoms with Crippen LogP contribution in [0.15, 0.2) is 59.5 Å². The van der Waals surface area contributed by atoms with E-state index in [0.717, 1.165) is 25.2 Å². The van der Waals surface area contributed by atoms with Gasteiger partial charge in [-0.1, -0.05) is 23.7 Å². The zero-order valence-corrected chi connectivity index (χ0v) is 19.3. The number of morpholine rings is 1. The van der Waals surface area contributed by atoms with Gasteiger partial charge in [0, 0.05) is 36.8 Å². The molecule has 11 heteroatoms. The molecule has 0 radical (unpaired) electrons. The van der Waals surface area contributed by atoms with Crippen molar-refractivity contribution < 1.29 is 17.9 Å². The fourth-order valence-electron chi connectivity index (χ4n) is 3.54. The van der Waals surface area contributed by atoms with Crippen molar-refractivity contribution in [1.82, 2.24) is 20.0 Å². The van der Waals surface area contributed by atoms with Crippen LogP contribution in [0.1, 0.15) is 10.5 Å². The molecule has 1 aliphatic rings. The van der Waals surface area contributed by atoms with Crippen molar-refractivity contribution in [3.05, 3.63) is 65.3 Å². The third kappa shape index (κ3) is 5.79. The number of hydrogen-bond donors (Lipinski definition) is 2. The van der Waals surface area contributed by atoms with Crippen LogP contribution in [0.25, 0.3) is 16.9 Å². The lowest BCUT2D eigenvalue weighted by Gasteiger charge is -2.26. The minimum Gasteiger partial charge on any atom is -0.379 e. The van der Waals surface area contributed by atoms with Crippen molar-refractivity contribution in [1.29, 1.82) is 0 Å². The Morgan fingerprint density at radius 2 is 1.76 bits per heavy atom. The van der Waals surface area contributed by atoms with Gasteiger partial charge in [0.2, 0.25) is 10.0 Å². The summed E-state index contributed by atoms with van der Waals surface area (Å²) in [6.07, 6.45) is 0. The number of nitrogens with one attached hydrogen (secondary N) is 1. The van der Waals surface area contributed by atoms with Gasteiger partial charge < -0.3 is 10.1 Å². The average molecular weight is 490 g/mol. The molecule has 174 valence electrons. The maximum Gasteiger partial charge on any atom is 0.271 e. The van der Waals surface area contributed by atoms with E-state index < -0.39 is 10.0 Å². The van der Waals surface area contributed by atoms with Gasteiger partial charge in [-0.25, -0.2) is 18.2 Å². The summed E-state index contributed by atoms with van der Waals surface area (Å²) in [7, 11) is -3.82. The van der Waals surface area contributed by atoms with E-state index in [1.165, 1.54) is 12.1 Å². The molecule has 1 amide bonds. The van der Waals surface area contributed by atoms with Gasteiger partial charge in [0.1, 0.15) is 0 Å². The number of nitrogens with zero attached hydrogens (tertiary/aromatic N) is 3. The zero-order valence-electron chi connectivity index (χ0n) is 17.8. The summed E-state index contributed by atoms with van der Waals surface area (Å²) in [4.78, 5) is 15.0. The fourth-order valence-corrected chi connectivity index (χ4v) is 4.18. The van der Waals surface area contributed by atoms with Crippen LogP contribution < -0.4 is 10.5 Å². The topological polar surface area (TPSA) is 120 Å². The molecule has 0 saturated carbocycles. The largest absolute Gasteiger partial charge is 0.379 e. The third-order valence-corrected chi connectivity index (χ3v) is 6.49. The minimum atomic E-state index is -3.82. The Balaban J connectivity index is 1.59. The zero-order chi connectivity index (χ0) is 23.4. The van der Waals surface area contributed by atoms with Crippen LogP contribution in [-0.4, -0.2) is 68.4 Å². The molecule has 2 heterocycles. The molecule has 1 fully saturated rings. The normalized spacial score (nSPS) is 14.8. The standard InChI is InChI=1S/C22H24ClN5O4S/c23-17-3-1-16(2-4-17)21-15-20(22(29)25-9-10-27-11-13-32-14-12-27)26-28(21)18-5-7-19(8-6-18)33(24,30)31/h1-8,15H,9-14H2,(H,25,29)(H2,24,30,31). The van der Waals surface area contributed by atoms with E-state index in [1.54, 1.807) is 35.0 Å². The molecule has 1 aromatic heterocycles. The van der Waals surface area contributed by atoms with E-state index in [9.17, 15) is 13.2 Å².